The molecule has 0 bridgehead atoms. The highest BCUT2D eigenvalue weighted by Gasteiger charge is 2.21. The van der Waals surface area contributed by atoms with E-state index in [9.17, 15) is 4.79 Å². The molecule has 0 unspecified atom stereocenters. The minimum atomic E-state index is 0.0434. The quantitative estimate of drug-likeness (QED) is 0.710. The monoisotopic (exact) mass is 344 g/mol. The molecule has 1 aliphatic rings. The molecule has 1 aromatic heterocycles. The number of aryl methyl sites for hydroxylation is 1. The molecule has 5 nitrogen and oxygen atoms in total. The third-order valence-electron chi connectivity index (χ3n) is 4.53. The van der Waals surface area contributed by atoms with E-state index in [1.165, 1.54) is 11.3 Å². The fourth-order valence-corrected chi connectivity index (χ4v) is 3.29. The third-order valence-corrected chi connectivity index (χ3v) is 4.53. The molecule has 2 aromatic carbocycles. The number of carbonyl (C=O) groups is 1. The van der Waals surface area contributed by atoms with Crippen molar-refractivity contribution in [1.82, 2.24) is 9.97 Å². The Hall–Kier alpha value is -3.21. The summed E-state index contributed by atoms with van der Waals surface area (Å²) in [6.45, 7) is 4.37. The van der Waals surface area contributed by atoms with E-state index in [2.05, 4.69) is 44.5 Å². The molecule has 0 saturated heterocycles. The number of carbonyl (C=O) groups excluding carboxylic acids is 1. The predicted octanol–water partition coefficient (Wildman–Crippen LogP) is 4.43. The van der Waals surface area contributed by atoms with Crippen LogP contribution in [-0.2, 0) is 6.42 Å². The molecule has 1 aliphatic heterocycles. The van der Waals surface area contributed by atoms with Crippen LogP contribution in [0.15, 0.2) is 54.6 Å². The molecule has 5 heteroatoms. The Kier molecular flexibility index (Phi) is 4.13. The van der Waals surface area contributed by atoms with Gasteiger partial charge in [0.2, 0.25) is 0 Å². The second-order valence-electron chi connectivity index (χ2n) is 6.45. The first-order valence-electron chi connectivity index (χ1n) is 8.69. The zero-order chi connectivity index (χ0) is 18.1. The molecule has 4 rings (SSSR count). The van der Waals surface area contributed by atoms with E-state index in [0.717, 1.165) is 30.3 Å². The summed E-state index contributed by atoms with van der Waals surface area (Å²) in [7, 11) is 0. The third kappa shape index (κ3) is 3.16. The smallest absolute Gasteiger partial charge is 0.159 e. The van der Waals surface area contributed by atoms with Gasteiger partial charge in [0.15, 0.2) is 5.78 Å². The SMILES string of the molecule is CC(=O)c1cccc(Nc2cc(N3CCc4ccccc43)nc(C)n2)c1. The fraction of sp³-hybridized carbons (Fsp3) is 0.190. The molecule has 26 heavy (non-hydrogen) atoms. The van der Waals surface area contributed by atoms with E-state index in [-0.39, 0.29) is 5.78 Å². The molecule has 3 aromatic rings. The van der Waals surface area contributed by atoms with Gasteiger partial charge in [-0.2, -0.15) is 0 Å². The second-order valence-corrected chi connectivity index (χ2v) is 6.45. The van der Waals surface area contributed by atoms with E-state index in [1.807, 2.05) is 37.3 Å². The van der Waals surface area contributed by atoms with Gasteiger partial charge in [-0.1, -0.05) is 30.3 Å². The first-order valence-corrected chi connectivity index (χ1v) is 8.69. The number of hydrogen-bond acceptors (Lipinski definition) is 5. The van der Waals surface area contributed by atoms with E-state index in [4.69, 9.17) is 0 Å². The van der Waals surface area contributed by atoms with Crippen LogP contribution in [-0.4, -0.2) is 22.3 Å². The number of nitrogens with one attached hydrogen (secondary N) is 1. The number of fused-ring (bicyclic) bond motifs is 1. The van der Waals surface area contributed by atoms with Gasteiger partial charge in [-0.25, -0.2) is 9.97 Å². The van der Waals surface area contributed by atoms with Crippen LogP contribution >= 0.6 is 0 Å². The number of anilines is 4. The molecular formula is C21H20N4O. The van der Waals surface area contributed by atoms with Crippen molar-refractivity contribution in [2.75, 3.05) is 16.8 Å². The van der Waals surface area contributed by atoms with Crippen molar-refractivity contribution in [2.45, 2.75) is 20.3 Å². The number of rotatable bonds is 4. The number of benzene rings is 2. The Labute approximate surface area is 152 Å². The van der Waals surface area contributed by atoms with Crippen LogP contribution in [0.25, 0.3) is 0 Å². The molecule has 0 spiro atoms. The van der Waals surface area contributed by atoms with Gasteiger partial charge < -0.3 is 10.2 Å². The topological polar surface area (TPSA) is 58.1 Å². The van der Waals surface area contributed by atoms with Crippen molar-refractivity contribution in [3.63, 3.8) is 0 Å². The van der Waals surface area contributed by atoms with E-state index >= 15 is 0 Å². The van der Waals surface area contributed by atoms with Crippen LogP contribution in [0, 0.1) is 6.92 Å². The number of hydrogen-bond donors (Lipinski definition) is 1. The Morgan fingerprint density at radius 3 is 2.77 bits per heavy atom. The Morgan fingerprint density at radius 1 is 1.08 bits per heavy atom. The zero-order valence-corrected chi connectivity index (χ0v) is 14.9. The van der Waals surface area contributed by atoms with E-state index < -0.39 is 0 Å². The molecule has 0 radical (unpaired) electrons. The maximum atomic E-state index is 11.6. The summed E-state index contributed by atoms with van der Waals surface area (Å²) >= 11 is 0. The number of para-hydroxylation sites is 1. The molecule has 0 fully saturated rings. The van der Waals surface area contributed by atoms with Gasteiger partial charge in [0.05, 0.1) is 0 Å². The lowest BCUT2D eigenvalue weighted by Gasteiger charge is -2.19. The van der Waals surface area contributed by atoms with Crippen LogP contribution in [0.2, 0.25) is 0 Å². The maximum absolute atomic E-state index is 11.6. The lowest BCUT2D eigenvalue weighted by atomic mass is 10.1. The fourth-order valence-electron chi connectivity index (χ4n) is 3.29. The first-order chi connectivity index (χ1) is 12.6. The van der Waals surface area contributed by atoms with Gasteiger partial charge in [0.1, 0.15) is 17.5 Å². The van der Waals surface area contributed by atoms with Crippen molar-refractivity contribution >= 4 is 28.8 Å². The van der Waals surface area contributed by atoms with Crippen LogP contribution in [0.5, 0.6) is 0 Å². The van der Waals surface area contributed by atoms with Crippen LogP contribution in [0.3, 0.4) is 0 Å². The molecule has 0 saturated carbocycles. The largest absolute Gasteiger partial charge is 0.340 e. The molecule has 0 atom stereocenters. The van der Waals surface area contributed by atoms with Crippen molar-refractivity contribution in [2.24, 2.45) is 0 Å². The molecule has 1 N–H and O–H groups in total. The lowest BCUT2D eigenvalue weighted by molar-refractivity contribution is 0.101. The summed E-state index contributed by atoms with van der Waals surface area (Å²) in [6.07, 6.45) is 1.02. The Bertz CT molecular complexity index is 983. The second kappa shape index (κ2) is 6.59. The van der Waals surface area contributed by atoms with Gasteiger partial charge >= 0.3 is 0 Å². The van der Waals surface area contributed by atoms with Gasteiger partial charge in [0, 0.05) is 29.5 Å². The minimum absolute atomic E-state index is 0.0434. The van der Waals surface area contributed by atoms with Crippen LogP contribution in [0.4, 0.5) is 23.0 Å². The maximum Gasteiger partial charge on any atom is 0.159 e. The normalized spacial score (nSPS) is 12.8. The summed E-state index contributed by atoms with van der Waals surface area (Å²) in [6, 6.07) is 17.8. The average molecular weight is 344 g/mol. The van der Waals surface area contributed by atoms with Gasteiger partial charge in [0.25, 0.3) is 0 Å². The first kappa shape index (κ1) is 16.3. The number of nitrogens with zero attached hydrogens (tertiary/aromatic N) is 3. The predicted molar refractivity (Wildman–Crippen MR) is 104 cm³/mol. The number of aromatic nitrogens is 2. The highest BCUT2D eigenvalue weighted by molar-refractivity contribution is 5.95. The van der Waals surface area contributed by atoms with Crippen LogP contribution in [0.1, 0.15) is 28.7 Å². The number of Topliss-reactive ketones (excluding diaryl/α,β-unsaturated/α-hetero) is 1. The van der Waals surface area contributed by atoms with Gasteiger partial charge in [-0.3, -0.25) is 4.79 Å². The Morgan fingerprint density at radius 2 is 1.92 bits per heavy atom. The average Bonchev–Trinajstić information content (AvgIpc) is 3.05. The van der Waals surface area contributed by atoms with E-state index in [0.29, 0.717) is 11.4 Å². The highest BCUT2D eigenvalue weighted by Crippen LogP contribution is 2.34. The molecular weight excluding hydrogens is 324 g/mol. The molecule has 0 amide bonds. The summed E-state index contributed by atoms with van der Waals surface area (Å²) < 4.78 is 0. The Balaban J connectivity index is 1.65. The number of ketones is 1. The van der Waals surface area contributed by atoms with Gasteiger partial charge in [-0.05, 0) is 44.0 Å². The summed E-state index contributed by atoms with van der Waals surface area (Å²) in [5, 5.41) is 3.30. The van der Waals surface area contributed by atoms with Crippen molar-refractivity contribution in [1.29, 1.82) is 0 Å². The standard InChI is InChI=1S/C21H20N4O/c1-14(26)17-7-5-8-18(12-17)24-20-13-21(23-15(2)22-20)25-11-10-16-6-3-4-9-19(16)25/h3-9,12-13H,10-11H2,1-2H3,(H,22,23,24). The van der Waals surface area contributed by atoms with Crippen molar-refractivity contribution in [3.05, 3.63) is 71.5 Å². The molecule has 2 heterocycles. The molecule has 0 aliphatic carbocycles. The molecule has 130 valence electrons. The minimum Gasteiger partial charge on any atom is -0.340 e. The van der Waals surface area contributed by atoms with E-state index in [1.54, 1.807) is 6.92 Å². The summed E-state index contributed by atoms with van der Waals surface area (Å²) in [4.78, 5) is 22.9. The lowest BCUT2D eigenvalue weighted by Crippen LogP contribution is -2.16. The van der Waals surface area contributed by atoms with Crippen LogP contribution < -0.4 is 10.2 Å². The van der Waals surface area contributed by atoms with Crippen molar-refractivity contribution < 1.29 is 4.79 Å². The summed E-state index contributed by atoms with van der Waals surface area (Å²) in [5.74, 6) is 2.35. The van der Waals surface area contributed by atoms with Gasteiger partial charge in [-0.15, -0.1) is 0 Å². The zero-order valence-electron chi connectivity index (χ0n) is 14.9. The van der Waals surface area contributed by atoms with Crippen molar-refractivity contribution in [3.8, 4) is 0 Å². The highest BCUT2D eigenvalue weighted by atomic mass is 16.1. The summed E-state index contributed by atoms with van der Waals surface area (Å²) in [5.41, 5.74) is 4.06.